The Morgan fingerprint density at radius 2 is 1.93 bits per heavy atom. The zero-order valence-corrected chi connectivity index (χ0v) is 11.4. The molecule has 0 saturated carbocycles. The molecule has 0 radical (unpaired) electrons. The molecular weight excluding hydrogens is 373 g/mol. The molecule has 1 rings (SSSR count). The molecule has 0 aliphatic rings. The third-order valence-electron chi connectivity index (χ3n) is 1.41. The SMILES string of the molecule is NC(N)=NC(N)=Nc1cccc(I)c1Br. The highest BCUT2D eigenvalue weighted by Crippen LogP contribution is 2.29. The number of hydrogen-bond acceptors (Lipinski definition) is 1. The van der Waals surface area contributed by atoms with E-state index in [9.17, 15) is 0 Å². The molecule has 0 atom stereocenters. The summed E-state index contributed by atoms with van der Waals surface area (Å²) in [6.07, 6.45) is 0. The molecule has 0 aliphatic carbocycles. The van der Waals surface area contributed by atoms with E-state index in [0.29, 0.717) is 5.69 Å². The van der Waals surface area contributed by atoms with Crippen molar-refractivity contribution in [3.63, 3.8) is 0 Å². The number of halogens is 2. The van der Waals surface area contributed by atoms with Crippen molar-refractivity contribution in [2.24, 2.45) is 27.2 Å². The van der Waals surface area contributed by atoms with E-state index in [1.807, 2.05) is 12.1 Å². The lowest BCUT2D eigenvalue weighted by molar-refractivity contribution is 1.37. The summed E-state index contributed by atoms with van der Waals surface area (Å²) in [4.78, 5) is 7.67. The summed E-state index contributed by atoms with van der Waals surface area (Å²) in [6.45, 7) is 0. The molecule has 0 amide bonds. The Hall–Kier alpha value is -0.830. The van der Waals surface area contributed by atoms with Crippen molar-refractivity contribution in [3.8, 4) is 0 Å². The third kappa shape index (κ3) is 3.67. The maximum atomic E-state index is 5.50. The summed E-state index contributed by atoms with van der Waals surface area (Å²) >= 11 is 5.57. The number of guanidine groups is 2. The standard InChI is InChI=1S/C8H9BrIN5/c9-6-4(10)2-1-3-5(6)14-8(13)15-7(11)12/h1-3H,(H6,11,12,13,14,15). The molecule has 0 unspecified atom stereocenters. The van der Waals surface area contributed by atoms with Crippen LogP contribution in [0.1, 0.15) is 0 Å². The van der Waals surface area contributed by atoms with Crippen molar-refractivity contribution in [1.29, 1.82) is 0 Å². The van der Waals surface area contributed by atoms with Gasteiger partial charge in [-0.15, -0.1) is 0 Å². The van der Waals surface area contributed by atoms with Gasteiger partial charge >= 0.3 is 0 Å². The number of rotatable bonds is 1. The minimum atomic E-state index is -0.113. The molecular formula is C8H9BrIN5. The molecule has 0 aliphatic heterocycles. The molecule has 5 nitrogen and oxygen atoms in total. The maximum absolute atomic E-state index is 5.50. The summed E-state index contributed by atoms with van der Waals surface area (Å²) in [6, 6.07) is 5.62. The smallest absolute Gasteiger partial charge is 0.223 e. The van der Waals surface area contributed by atoms with Gasteiger partial charge in [-0.05, 0) is 50.7 Å². The topological polar surface area (TPSA) is 103 Å². The van der Waals surface area contributed by atoms with Crippen LogP contribution in [0.25, 0.3) is 0 Å². The van der Waals surface area contributed by atoms with E-state index >= 15 is 0 Å². The monoisotopic (exact) mass is 381 g/mol. The third-order valence-corrected chi connectivity index (χ3v) is 3.88. The van der Waals surface area contributed by atoms with E-state index in [4.69, 9.17) is 17.2 Å². The van der Waals surface area contributed by atoms with Crippen LogP contribution >= 0.6 is 38.5 Å². The molecule has 80 valence electrons. The molecule has 1 aromatic rings. The van der Waals surface area contributed by atoms with Crippen molar-refractivity contribution in [2.45, 2.75) is 0 Å². The van der Waals surface area contributed by atoms with Crippen LogP contribution in [-0.4, -0.2) is 11.9 Å². The highest BCUT2D eigenvalue weighted by Gasteiger charge is 2.02. The van der Waals surface area contributed by atoms with E-state index in [0.717, 1.165) is 8.04 Å². The minimum Gasteiger partial charge on any atom is -0.370 e. The minimum absolute atomic E-state index is 0.0256. The fourth-order valence-electron chi connectivity index (χ4n) is 0.859. The highest BCUT2D eigenvalue weighted by atomic mass is 127. The van der Waals surface area contributed by atoms with Crippen molar-refractivity contribution in [1.82, 2.24) is 0 Å². The first-order valence-corrected chi connectivity index (χ1v) is 5.75. The van der Waals surface area contributed by atoms with Gasteiger partial charge in [-0.3, -0.25) is 0 Å². The number of benzene rings is 1. The highest BCUT2D eigenvalue weighted by molar-refractivity contribution is 14.1. The van der Waals surface area contributed by atoms with Crippen molar-refractivity contribution >= 4 is 56.1 Å². The fourth-order valence-corrected chi connectivity index (χ4v) is 1.70. The summed E-state index contributed by atoms with van der Waals surface area (Å²) < 4.78 is 1.89. The van der Waals surface area contributed by atoms with Crippen LogP contribution in [0.15, 0.2) is 32.7 Å². The maximum Gasteiger partial charge on any atom is 0.223 e. The van der Waals surface area contributed by atoms with Crippen LogP contribution < -0.4 is 17.2 Å². The molecule has 0 aromatic heterocycles. The fraction of sp³-hybridized carbons (Fsp3) is 0. The quantitative estimate of drug-likeness (QED) is 0.387. The largest absolute Gasteiger partial charge is 0.370 e. The molecule has 0 heterocycles. The lowest BCUT2D eigenvalue weighted by Crippen LogP contribution is -2.26. The second-order valence-corrected chi connectivity index (χ2v) is 4.53. The number of aliphatic imine (C=N–C) groups is 2. The summed E-state index contributed by atoms with van der Waals surface area (Å²) in [5, 5.41) is 0. The zero-order valence-electron chi connectivity index (χ0n) is 7.61. The van der Waals surface area contributed by atoms with E-state index in [-0.39, 0.29) is 11.9 Å². The predicted molar refractivity (Wildman–Crippen MR) is 74.0 cm³/mol. The van der Waals surface area contributed by atoms with Crippen LogP contribution in [0.2, 0.25) is 0 Å². The Kier molecular flexibility index (Phi) is 4.33. The van der Waals surface area contributed by atoms with E-state index in [1.165, 1.54) is 0 Å². The molecule has 0 bridgehead atoms. The number of nitrogens with two attached hydrogens (primary N) is 3. The Morgan fingerprint density at radius 1 is 1.27 bits per heavy atom. The van der Waals surface area contributed by atoms with Gasteiger partial charge < -0.3 is 17.2 Å². The van der Waals surface area contributed by atoms with Gasteiger partial charge in [-0.25, -0.2) is 4.99 Å². The van der Waals surface area contributed by atoms with Crippen LogP contribution in [0, 0.1) is 3.57 Å². The van der Waals surface area contributed by atoms with Crippen molar-refractivity contribution in [3.05, 3.63) is 26.2 Å². The average Bonchev–Trinajstić information content (AvgIpc) is 2.11. The first kappa shape index (κ1) is 12.2. The Morgan fingerprint density at radius 3 is 2.53 bits per heavy atom. The van der Waals surface area contributed by atoms with Crippen molar-refractivity contribution in [2.75, 3.05) is 0 Å². The second-order valence-electron chi connectivity index (χ2n) is 2.58. The van der Waals surface area contributed by atoms with Gasteiger partial charge in [0, 0.05) is 3.57 Å². The van der Waals surface area contributed by atoms with Gasteiger partial charge in [0.1, 0.15) is 0 Å². The van der Waals surface area contributed by atoms with E-state index in [1.54, 1.807) is 6.07 Å². The van der Waals surface area contributed by atoms with E-state index in [2.05, 4.69) is 48.5 Å². The Labute approximate surface area is 109 Å². The average molecular weight is 382 g/mol. The molecule has 0 fully saturated rings. The van der Waals surface area contributed by atoms with Gasteiger partial charge in [0.05, 0.1) is 10.2 Å². The normalized spacial score (nSPS) is 11.2. The van der Waals surface area contributed by atoms with Gasteiger partial charge in [0.2, 0.25) is 5.96 Å². The Bertz CT molecular complexity index is 425. The van der Waals surface area contributed by atoms with Gasteiger partial charge in [-0.2, -0.15) is 4.99 Å². The first-order valence-electron chi connectivity index (χ1n) is 3.88. The molecule has 7 heteroatoms. The number of nitrogens with zero attached hydrogens (tertiary/aromatic N) is 2. The second kappa shape index (κ2) is 5.31. The van der Waals surface area contributed by atoms with E-state index < -0.39 is 0 Å². The van der Waals surface area contributed by atoms with Crippen LogP contribution in [0.3, 0.4) is 0 Å². The molecule has 0 saturated heterocycles. The van der Waals surface area contributed by atoms with Gasteiger partial charge in [0.25, 0.3) is 0 Å². The lowest BCUT2D eigenvalue weighted by atomic mass is 10.3. The zero-order chi connectivity index (χ0) is 11.4. The van der Waals surface area contributed by atoms with Crippen LogP contribution in [0.5, 0.6) is 0 Å². The van der Waals surface area contributed by atoms with Crippen LogP contribution in [-0.2, 0) is 0 Å². The van der Waals surface area contributed by atoms with Crippen molar-refractivity contribution < 1.29 is 0 Å². The van der Waals surface area contributed by atoms with Gasteiger partial charge in [0.15, 0.2) is 5.96 Å². The molecule has 0 spiro atoms. The Balaban J connectivity index is 3.09. The summed E-state index contributed by atoms with van der Waals surface area (Å²) in [5.41, 5.74) is 16.5. The molecule has 6 N–H and O–H groups in total. The summed E-state index contributed by atoms with van der Waals surface area (Å²) in [5.74, 6) is -0.0873. The molecule has 15 heavy (non-hydrogen) atoms. The lowest BCUT2D eigenvalue weighted by Gasteiger charge is -2.01. The summed E-state index contributed by atoms with van der Waals surface area (Å²) in [7, 11) is 0. The first-order chi connectivity index (χ1) is 7.00. The number of hydrogen-bond donors (Lipinski definition) is 3. The predicted octanol–water partition coefficient (Wildman–Crippen LogP) is 1.27. The van der Waals surface area contributed by atoms with Crippen LogP contribution in [0.4, 0.5) is 5.69 Å². The van der Waals surface area contributed by atoms with Gasteiger partial charge in [-0.1, -0.05) is 6.07 Å². The molecule has 1 aromatic carbocycles.